The van der Waals surface area contributed by atoms with Crippen LogP contribution in [0, 0.1) is 17.3 Å². The van der Waals surface area contributed by atoms with Crippen LogP contribution in [0.3, 0.4) is 0 Å². The highest BCUT2D eigenvalue weighted by atomic mass is 79.9. The molecule has 0 unspecified atom stereocenters. The Kier molecular flexibility index (Phi) is 6.56. The van der Waals surface area contributed by atoms with Crippen LogP contribution < -0.4 is 4.74 Å². The molecule has 164 valence electrons. The summed E-state index contributed by atoms with van der Waals surface area (Å²) < 4.78 is 26.8. The summed E-state index contributed by atoms with van der Waals surface area (Å²) in [5, 5.41) is 0. The summed E-state index contributed by atoms with van der Waals surface area (Å²) in [6.45, 7) is 14.7. The Balaban J connectivity index is 1.81. The van der Waals surface area contributed by atoms with E-state index in [1.165, 1.54) is 0 Å². The van der Waals surface area contributed by atoms with Gasteiger partial charge in [-0.3, -0.25) is 4.90 Å². The number of amides is 1. The van der Waals surface area contributed by atoms with Crippen molar-refractivity contribution in [1.29, 1.82) is 0 Å². The first-order valence-corrected chi connectivity index (χ1v) is 14.5. The van der Waals surface area contributed by atoms with Gasteiger partial charge in [0.25, 0.3) is 0 Å². The molecule has 0 aromatic heterocycles. The van der Waals surface area contributed by atoms with Gasteiger partial charge in [0.05, 0.1) is 10.5 Å². The van der Waals surface area contributed by atoms with E-state index in [4.69, 9.17) is 9.47 Å². The lowest BCUT2D eigenvalue weighted by Crippen LogP contribution is -2.56. The molecule has 5 nitrogen and oxygen atoms in total. The van der Waals surface area contributed by atoms with Gasteiger partial charge in [-0.1, -0.05) is 25.6 Å². The maximum Gasteiger partial charge on any atom is 0.410 e. The maximum atomic E-state index is 15.1. The Hall–Kier alpha value is -1.56. The fourth-order valence-corrected chi connectivity index (χ4v) is 4.33. The zero-order valence-corrected chi connectivity index (χ0v) is 21.2. The smallest absolute Gasteiger partial charge is 0.410 e. The maximum absolute atomic E-state index is 15.1. The zero-order chi connectivity index (χ0) is 22.3. The Morgan fingerprint density at radius 2 is 2.03 bits per heavy atom. The number of carbonyl (C=O) groups is 1. The Morgan fingerprint density at radius 3 is 2.67 bits per heavy atom. The van der Waals surface area contributed by atoms with E-state index >= 15 is 4.39 Å². The summed E-state index contributed by atoms with van der Waals surface area (Å²) in [4.78, 5) is 16.4. The highest BCUT2D eigenvalue weighted by molar-refractivity contribution is 9.10. The predicted molar refractivity (Wildman–Crippen MR) is 122 cm³/mol. The summed E-state index contributed by atoms with van der Waals surface area (Å²) >= 11 is 3.36. The van der Waals surface area contributed by atoms with Crippen molar-refractivity contribution < 1.29 is 18.7 Å². The Bertz CT molecular complexity index is 899. The summed E-state index contributed by atoms with van der Waals surface area (Å²) in [6, 6.07) is 1.91. The van der Waals surface area contributed by atoms with E-state index in [1.54, 1.807) is 4.90 Å². The van der Waals surface area contributed by atoms with Crippen LogP contribution in [0.5, 0.6) is 5.75 Å². The van der Waals surface area contributed by atoms with Gasteiger partial charge in [-0.25, -0.2) is 9.18 Å². The molecule has 2 aliphatic heterocycles. The average molecular weight is 497 g/mol. The molecule has 0 saturated carbocycles. The molecule has 1 fully saturated rings. The van der Waals surface area contributed by atoms with Crippen LogP contribution >= 0.6 is 15.9 Å². The minimum Gasteiger partial charge on any atom is -0.488 e. The molecular weight excluding hydrogens is 467 g/mol. The third kappa shape index (κ3) is 5.57. The van der Waals surface area contributed by atoms with Crippen LogP contribution in [-0.2, 0) is 11.3 Å². The van der Waals surface area contributed by atoms with Crippen LogP contribution in [0.4, 0.5) is 9.18 Å². The predicted octanol–water partition coefficient (Wildman–Crippen LogP) is 4.63. The van der Waals surface area contributed by atoms with E-state index in [9.17, 15) is 4.79 Å². The highest BCUT2D eigenvalue weighted by Crippen LogP contribution is 2.36. The Morgan fingerprint density at radius 1 is 1.33 bits per heavy atom. The van der Waals surface area contributed by atoms with E-state index in [1.807, 2.05) is 26.8 Å². The molecule has 0 aliphatic carbocycles. The number of fused-ring (bicyclic) bond motifs is 2. The normalized spacial score (nSPS) is 19.6. The summed E-state index contributed by atoms with van der Waals surface area (Å²) in [6.07, 6.45) is -0.318. The number of halogens is 2. The van der Waals surface area contributed by atoms with Crippen LogP contribution in [0.15, 0.2) is 10.5 Å². The molecule has 1 aromatic rings. The largest absolute Gasteiger partial charge is 0.488 e. The summed E-state index contributed by atoms with van der Waals surface area (Å²) in [5.41, 5.74) is 4.22. The molecule has 0 bridgehead atoms. The number of rotatable bonds is 0. The van der Waals surface area contributed by atoms with Gasteiger partial charge in [-0.05, 0) is 42.8 Å². The lowest BCUT2D eigenvalue weighted by atomic mass is 10.1. The Labute approximate surface area is 188 Å². The van der Waals surface area contributed by atoms with E-state index in [2.05, 4.69) is 51.9 Å². The standard InChI is InChI=1S/C22H30BrFN2O3Si/c1-22(2,3)29-21(27)26-9-8-25-12-16-11-15(7-10-30(4,5)6)18(23)19(24)20(16)28-14-17(25)13-26/h11,17H,8-9,12-14H2,1-6H3/t17-/m1/s1. The quantitative estimate of drug-likeness (QED) is 0.387. The highest BCUT2D eigenvalue weighted by Gasteiger charge is 2.35. The molecule has 2 aliphatic rings. The molecule has 0 radical (unpaired) electrons. The molecular formula is C22H30BrFN2O3Si. The number of ether oxygens (including phenoxy) is 2. The zero-order valence-electron chi connectivity index (χ0n) is 18.6. The van der Waals surface area contributed by atoms with Gasteiger partial charge in [0, 0.05) is 37.3 Å². The van der Waals surface area contributed by atoms with Gasteiger partial charge in [-0.2, -0.15) is 0 Å². The fraction of sp³-hybridized carbons (Fsp3) is 0.591. The van der Waals surface area contributed by atoms with Gasteiger partial charge in [-0.15, -0.1) is 5.54 Å². The number of carbonyl (C=O) groups excluding carboxylic acids is 1. The van der Waals surface area contributed by atoms with Gasteiger partial charge >= 0.3 is 6.09 Å². The second kappa shape index (κ2) is 8.52. The van der Waals surface area contributed by atoms with Crippen molar-refractivity contribution in [3.8, 4) is 17.2 Å². The van der Waals surface area contributed by atoms with Crippen molar-refractivity contribution in [2.45, 2.75) is 58.6 Å². The van der Waals surface area contributed by atoms with E-state index < -0.39 is 19.5 Å². The molecule has 2 heterocycles. The minimum atomic E-state index is -1.58. The van der Waals surface area contributed by atoms with E-state index in [-0.39, 0.29) is 17.9 Å². The van der Waals surface area contributed by atoms with E-state index in [0.717, 1.165) is 5.56 Å². The molecule has 1 amide bonds. The van der Waals surface area contributed by atoms with Gasteiger partial charge in [0.15, 0.2) is 11.6 Å². The second-order valence-electron chi connectivity index (χ2n) is 9.90. The van der Waals surface area contributed by atoms with E-state index in [0.29, 0.717) is 42.8 Å². The lowest BCUT2D eigenvalue weighted by Gasteiger charge is -2.40. The van der Waals surface area contributed by atoms with Crippen LogP contribution in [0.25, 0.3) is 0 Å². The number of hydrogen-bond donors (Lipinski definition) is 0. The van der Waals surface area contributed by atoms with Crippen LogP contribution in [-0.4, -0.2) is 61.9 Å². The van der Waals surface area contributed by atoms with Crippen molar-refractivity contribution in [1.82, 2.24) is 9.80 Å². The lowest BCUT2D eigenvalue weighted by molar-refractivity contribution is -0.00164. The monoisotopic (exact) mass is 496 g/mol. The first-order chi connectivity index (χ1) is 13.8. The van der Waals surface area contributed by atoms with Crippen molar-refractivity contribution in [2.75, 3.05) is 26.2 Å². The van der Waals surface area contributed by atoms with Gasteiger partial charge < -0.3 is 14.4 Å². The second-order valence-corrected chi connectivity index (χ2v) is 15.4. The first kappa shape index (κ1) is 23.1. The van der Waals surface area contributed by atoms with Crippen LogP contribution in [0.1, 0.15) is 31.9 Å². The number of piperazine rings is 1. The molecule has 0 N–H and O–H groups in total. The average Bonchev–Trinajstić information content (AvgIpc) is 2.80. The van der Waals surface area contributed by atoms with Crippen LogP contribution in [0.2, 0.25) is 19.6 Å². The summed E-state index contributed by atoms with van der Waals surface area (Å²) in [5.74, 6) is 3.03. The molecule has 1 aromatic carbocycles. The van der Waals surface area contributed by atoms with Gasteiger partial charge in [0.1, 0.15) is 20.3 Å². The van der Waals surface area contributed by atoms with Crippen molar-refractivity contribution in [2.24, 2.45) is 0 Å². The first-order valence-electron chi connectivity index (χ1n) is 10.2. The molecule has 30 heavy (non-hydrogen) atoms. The fourth-order valence-electron chi connectivity index (χ4n) is 3.43. The van der Waals surface area contributed by atoms with Crippen molar-refractivity contribution >= 4 is 30.1 Å². The third-order valence-corrected chi connectivity index (χ3v) is 6.51. The van der Waals surface area contributed by atoms with Gasteiger partial charge in [0.2, 0.25) is 0 Å². The number of hydrogen-bond acceptors (Lipinski definition) is 4. The summed E-state index contributed by atoms with van der Waals surface area (Å²) in [7, 11) is -1.58. The molecule has 1 atom stereocenters. The molecule has 1 saturated heterocycles. The number of benzene rings is 1. The SMILES string of the molecule is CC(C)(C)OC(=O)N1CCN2Cc3cc(C#C[Si](C)(C)C)c(Br)c(F)c3OC[C@H]2C1. The minimum absolute atomic E-state index is 0.0200. The third-order valence-electron chi connectivity index (χ3n) is 4.86. The topological polar surface area (TPSA) is 42.0 Å². The van der Waals surface area contributed by atoms with Crippen molar-refractivity contribution in [3.05, 3.63) is 27.5 Å². The van der Waals surface area contributed by atoms with Crippen molar-refractivity contribution in [3.63, 3.8) is 0 Å². The molecule has 8 heteroatoms. The number of nitrogens with zero attached hydrogens (tertiary/aromatic N) is 2. The molecule has 0 spiro atoms. The molecule has 3 rings (SSSR count).